The molecule has 0 radical (unpaired) electrons. The Hall–Kier alpha value is -1.68. The Balaban J connectivity index is 1.50. The standard InChI is InChI=1S/C14H15FN2O/c15-14-4-2-1-3-13(14)10-7-11(8-10)16-9-12-5-6-17-18-12/h1-6,10-11,16H,7-9H2. The van der Waals surface area contributed by atoms with Crippen LogP contribution in [0.5, 0.6) is 0 Å². The van der Waals surface area contributed by atoms with Crippen molar-refractivity contribution < 1.29 is 8.91 Å². The van der Waals surface area contributed by atoms with Gasteiger partial charge >= 0.3 is 0 Å². The summed E-state index contributed by atoms with van der Waals surface area (Å²) in [5.74, 6) is 1.10. The molecule has 0 saturated heterocycles. The first-order valence-electron chi connectivity index (χ1n) is 6.20. The summed E-state index contributed by atoms with van der Waals surface area (Å²) < 4.78 is 18.6. The highest BCUT2D eigenvalue weighted by atomic mass is 19.1. The molecule has 2 aromatic rings. The Morgan fingerprint density at radius 3 is 2.83 bits per heavy atom. The predicted molar refractivity (Wildman–Crippen MR) is 65.5 cm³/mol. The molecule has 3 nitrogen and oxygen atoms in total. The fourth-order valence-corrected chi connectivity index (χ4v) is 2.42. The number of hydrogen-bond acceptors (Lipinski definition) is 3. The molecule has 1 aliphatic carbocycles. The van der Waals surface area contributed by atoms with Crippen LogP contribution in [-0.2, 0) is 6.54 Å². The van der Waals surface area contributed by atoms with Gasteiger partial charge in [-0.3, -0.25) is 0 Å². The van der Waals surface area contributed by atoms with Gasteiger partial charge in [0.15, 0.2) is 0 Å². The molecule has 18 heavy (non-hydrogen) atoms. The molecule has 1 saturated carbocycles. The number of halogens is 1. The summed E-state index contributed by atoms with van der Waals surface area (Å²) in [6, 6.07) is 9.34. The molecule has 1 N–H and O–H groups in total. The third-order valence-corrected chi connectivity index (χ3v) is 3.54. The zero-order valence-corrected chi connectivity index (χ0v) is 9.97. The summed E-state index contributed by atoms with van der Waals surface area (Å²) in [5.41, 5.74) is 0.843. The highest BCUT2D eigenvalue weighted by molar-refractivity contribution is 5.24. The van der Waals surface area contributed by atoms with E-state index < -0.39 is 0 Å². The van der Waals surface area contributed by atoms with E-state index in [0.29, 0.717) is 18.5 Å². The molecule has 0 aliphatic heterocycles. The third-order valence-electron chi connectivity index (χ3n) is 3.54. The maximum absolute atomic E-state index is 13.6. The van der Waals surface area contributed by atoms with Crippen molar-refractivity contribution in [1.82, 2.24) is 10.5 Å². The smallest absolute Gasteiger partial charge is 0.150 e. The molecule has 1 heterocycles. The molecular weight excluding hydrogens is 231 g/mol. The number of nitrogens with zero attached hydrogens (tertiary/aromatic N) is 1. The van der Waals surface area contributed by atoms with Crippen molar-refractivity contribution in [3.8, 4) is 0 Å². The molecule has 1 aromatic carbocycles. The minimum atomic E-state index is -0.0869. The summed E-state index contributed by atoms with van der Waals surface area (Å²) in [5, 5.41) is 7.04. The molecule has 1 aliphatic rings. The van der Waals surface area contributed by atoms with Crippen LogP contribution in [0, 0.1) is 5.82 Å². The van der Waals surface area contributed by atoms with E-state index in [9.17, 15) is 4.39 Å². The van der Waals surface area contributed by atoms with Gasteiger partial charge in [0, 0.05) is 12.1 Å². The first-order valence-corrected chi connectivity index (χ1v) is 6.20. The molecule has 94 valence electrons. The quantitative estimate of drug-likeness (QED) is 0.901. The van der Waals surface area contributed by atoms with Crippen molar-refractivity contribution in [3.63, 3.8) is 0 Å². The topological polar surface area (TPSA) is 38.1 Å². The first-order chi connectivity index (χ1) is 8.83. The van der Waals surface area contributed by atoms with Crippen LogP contribution in [0.2, 0.25) is 0 Å². The lowest BCUT2D eigenvalue weighted by Gasteiger charge is -2.36. The SMILES string of the molecule is Fc1ccccc1C1CC(NCc2ccno2)C1. The van der Waals surface area contributed by atoms with Crippen LogP contribution in [0.3, 0.4) is 0 Å². The van der Waals surface area contributed by atoms with Gasteiger partial charge in [-0.1, -0.05) is 23.4 Å². The monoisotopic (exact) mass is 246 g/mol. The lowest BCUT2D eigenvalue weighted by atomic mass is 9.75. The molecule has 1 fully saturated rings. The number of hydrogen-bond donors (Lipinski definition) is 1. The van der Waals surface area contributed by atoms with Gasteiger partial charge in [0.2, 0.25) is 0 Å². The number of rotatable bonds is 4. The van der Waals surface area contributed by atoms with E-state index in [4.69, 9.17) is 4.52 Å². The lowest BCUT2D eigenvalue weighted by Crippen LogP contribution is -2.39. The van der Waals surface area contributed by atoms with E-state index in [-0.39, 0.29) is 5.82 Å². The number of benzene rings is 1. The van der Waals surface area contributed by atoms with Crippen LogP contribution in [-0.4, -0.2) is 11.2 Å². The van der Waals surface area contributed by atoms with Crippen LogP contribution in [0.4, 0.5) is 4.39 Å². The Bertz CT molecular complexity index is 506. The van der Waals surface area contributed by atoms with Crippen LogP contribution < -0.4 is 5.32 Å². The van der Waals surface area contributed by atoms with Gasteiger partial charge in [-0.2, -0.15) is 0 Å². The maximum Gasteiger partial charge on any atom is 0.150 e. The molecule has 3 rings (SSSR count). The minimum Gasteiger partial charge on any atom is -0.360 e. The molecule has 0 bridgehead atoms. The Morgan fingerprint density at radius 2 is 2.11 bits per heavy atom. The Labute approximate surface area is 105 Å². The maximum atomic E-state index is 13.6. The average molecular weight is 246 g/mol. The van der Waals surface area contributed by atoms with Crippen molar-refractivity contribution in [2.45, 2.75) is 31.3 Å². The Kier molecular flexibility index (Phi) is 3.11. The first kappa shape index (κ1) is 11.4. The molecule has 0 unspecified atom stereocenters. The second kappa shape index (κ2) is 4.90. The zero-order chi connectivity index (χ0) is 12.4. The van der Waals surface area contributed by atoms with Gasteiger partial charge in [0.25, 0.3) is 0 Å². The van der Waals surface area contributed by atoms with Crippen molar-refractivity contribution in [3.05, 3.63) is 53.7 Å². The summed E-state index contributed by atoms with van der Waals surface area (Å²) >= 11 is 0. The van der Waals surface area contributed by atoms with E-state index in [1.165, 1.54) is 6.07 Å². The normalized spacial score (nSPS) is 22.7. The molecular formula is C14H15FN2O. The molecule has 0 spiro atoms. The van der Waals surface area contributed by atoms with E-state index in [0.717, 1.165) is 24.2 Å². The number of nitrogens with one attached hydrogen (secondary N) is 1. The largest absolute Gasteiger partial charge is 0.360 e. The van der Waals surface area contributed by atoms with Gasteiger partial charge in [-0.25, -0.2) is 4.39 Å². The van der Waals surface area contributed by atoms with Crippen LogP contribution in [0.1, 0.15) is 30.1 Å². The fourth-order valence-electron chi connectivity index (χ4n) is 2.42. The molecule has 1 aromatic heterocycles. The van der Waals surface area contributed by atoms with E-state index in [1.807, 2.05) is 18.2 Å². The van der Waals surface area contributed by atoms with Crippen LogP contribution in [0.15, 0.2) is 41.1 Å². The second-order valence-corrected chi connectivity index (χ2v) is 4.75. The van der Waals surface area contributed by atoms with Gasteiger partial charge in [-0.15, -0.1) is 0 Å². The van der Waals surface area contributed by atoms with Crippen molar-refractivity contribution in [2.75, 3.05) is 0 Å². The van der Waals surface area contributed by atoms with Gasteiger partial charge in [0.05, 0.1) is 12.7 Å². The summed E-state index contributed by atoms with van der Waals surface area (Å²) in [6.45, 7) is 0.689. The zero-order valence-electron chi connectivity index (χ0n) is 9.97. The average Bonchev–Trinajstić information content (AvgIpc) is 2.82. The number of aromatic nitrogens is 1. The van der Waals surface area contributed by atoms with Crippen LogP contribution in [0.25, 0.3) is 0 Å². The van der Waals surface area contributed by atoms with Gasteiger partial charge < -0.3 is 9.84 Å². The molecule has 4 heteroatoms. The van der Waals surface area contributed by atoms with Gasteiger partial charge in [0.1, 0.15) is 11.6 Å². The minimum absolute atomic E-state index is 0.0869. The highest BCUT2D eigenvalue weighted by Gasteiger charge is 2.31. The van der Waals surface area contributed by atoms with Crippen molar-refractivity contribution in [1.29, 1.82) is 0 Å². The molecule has 0 atom stereocenters. The summed E-state index contributed by atoms with van der Waals surface area (Å²) in [7, 11) is 0. The van der Waals surface area contributed by atoms with E-state index in [2.05, 4.69) is 10.5 Å². The lowest BCUT2D eigenvalue weighted by molar-refractivity contribution is 0.270. The Morgan fingerprint density at radius 1 is 1.28 bits per heavy atom. The van der Waals surface area contributed by atoms with E-state index >= 15 is 0 Å². The van der Waals surface area contributed by atoms with Crippen molar-refractivity contribution >= 4 is 0 Å². The van der Waals surface area contributed by atoms with Gasteiger partial charge in [-0.05, 0) is 30.4 Å². The van der Waals surface area contributed by atoms with Crippen LogP contribution >= 0.6 is 0 Å². The predicted octanol–water partition coefficient (Wildman–Crippen LogP) is 2.85. The summed E-state index contributed by atoms with van der Waals surface area (Å²) in [6.07, 6.45) is 3.60. The highest BCUT2D eigenvalue weighted by Crippen LogP contribution is 2.37. The molecule has 0 amide bonds. The van der Waals surface area contributed by atoms with E-state index in [1.54, 1.807) is 12.3 Å². The van der Waals surface area contributed by atoms with Crippen molar-refractivity contribution in [2.24, 2.45) is 0 Å². The third kappa shape index (κ3) is 2.29. The fraction of sp³-hybridized carbons (Fsp3) is 0.357. The summed E-state index contributed by atoms with van der Waals surface area (Å²) in [4.78, 5) is 0. The second-order valence-electron chi connectivity index (χ2n) is 4.75.